The van der Waals surface area contributed by atoms with E-state index in [0.29, 0.717) is 17.8 Å². The van der Waals surface area contributed by atoms with Crippen LogP contribution in [0.15, 0.2) is 12.4 Å². The number of rotatable bonds is 12. The molecular weight excluding hydrogens is 530 g/mol. The zero-order chi connectivity index (χ0) is 29.1. The van der Waals surface area contributed by atoms with Gasteiger partial charge in [0.15, 0.2) is 0 Å². The fourth-order valence-corrected chi connectivity index (χ4v) is 7.95. The minimum absolute atomic E-state index is 0.0332. The lowest BCUT2D eigenvalue weighted by molar-refractivity contribution is -0.153. The molecule has 1 aliphatic heterocycles. The quantitative estimate of drug-likeness (QED) is 0.160. The largest absolute Gasteiger partial charge is 0.461 e. The second-order valence-corrected chi connectivity index (χ2v) is 13.6. The number of carbonyl (C=O) groups is 2. The first-order valence-electron chi connectivity index (χ1n) is 17.0. The van der Waals surface area contributed by atoms with Crippen LogP contribution in [0.5, 0.6) is 0 Å². The highest BCUT2D eigenvalue weighted by Gasteiger charge is 2.33. The third kappa shape index (κ3) is 8.88. The number of nitrogens with one attached hydrogen (secondary N) is 2. The summed E-state index contributed by atoms with van der Waals surface area (Å²) < 4.78 is 5.99. The van der Waals surface area contributed by atoms with E-state index in [1.165, 1.54) is 89.4 Å². The van der Waals surface area contributed by atoms with Crippen molar-refractivity contribution >= 4 is 17.8 Å². The van der Waals surface area contributed by atoms with Crippen molar-refractivity contribution in [3.8, 4) is 0 Å². The molecule has 9 heteroatoms. The molecular formula is C33H53N5O4. The Morgan fingerprint density at radius 2 is 1.43 bits per heavy atom. The molecule has 4 aliphatic rings. The van der Waals surface area contributed by atoms with E-state index in [1.54, 1.807) is 5.48 Å². The summed E-state index contributed by atoms with van der Waals surface area (Å²) in [5, 5.41) is 12.5. The van der Waals surface area contributed by atoms with E-state index in [0.717, 1.165) is 70.0 Å². The topological polar surface area (TPSA) is 117 Å². The van der Waals surface area contributed by atoms with Gasteiger partial charge in [-0.1, -0.05) is 51.4 Å². The number of aromatic nitrogens is 2. The van der Waals surface area contributed by atoms with Crippen LogP contribution in [0, 0.1) is 23.7 Å². The fraction of sp³-hybridized carbons (Fsp3) is 0.818. The molecule has 0 radical (unpaired) electrons. The fourth-order valence-electron chi connectivity index (χ4n) is 7.95. The number of nitrogens with zero attached hydrogens (tertiary/aromatic N) is 3. The van der Waals surface area contributed by atoms with Crippen LogP contribution in [0.2, 0.25) is 0 Å². The standard InChI is InChI=1S/C33H53N5O4/c39-31(37-41)28-22-35-33(36-23-28)38-19-17-25(18-20-38)8-6-7-24-13-15-26(16-14-24)21-34-30(27-9-2-1-3-10-27)32(40)42-29-11-4-5-12-29/h22-27,29-30,34,41H,1-21H2,(H,37,39)/t24?,26?,30-/m0/s1. The van der Waals surface area contributed by atoms with Gasteiger partial charge in [0.05, 0.1) is 5.56 Å². The molecule has 234 valence electrons. The van der Waals surface area contributed by atoms with Crippen molar-refractivity contribution in [3.05, 3.63) is 18.0 Å². The third-order valence-electron chi connectivity index (χ3n) is 10.7. The number of amides is 1. The lowest BCUT2D eigenvalue weighted by atomic mass is 9.78. The summed E-state index contributed by atoms with van der Waals surface area (Å²) in [5.41, 5.74) is 1.87. The van der Waals surface area contributed by atoms with Crippen LogP contribution in [-0.2, 0) is 9.53 Å². The van der Waals surface area contributed by atoms with Crippen LogP contribution >= 0.6 is 0 Å². The number of esters is 1. The van der Waals surface area contributed by atoms with Crippen LogP contribution in [0.3, 0.4) is 0 Å². The SMILES string of the molecule is O=C(NO)c1cnc(N2CCC(CCCC3CCC(CN[C@H](C(=O)OC4CCCC4)C4CCCCC4)CC3)CC2)nc1. The Morgan fingerprint density at radius 3 is 2.07 bits per heavy atom. The van der Waals surface area contributed by atoms with Crippen LogP contribution < -0.4 is 15.7 Å². The number of ether oxygens (including phenoxy) is 1. The number of hydrogen-bond acceptors (Lipinski definition) is 8. The highest BCUT2D eigenvalue weighted by atomic mass is 16.5. The maximum absolute atomic E-state index is 13.2. The van der Waals surface area contributed by atoms with Gasteiger partial charge >= 0.3 is 5.97 Å². The zero-order valence-electron chi connectivity index (χ0n) is 25.5. The van der Waals surface area contributed by atoms with E-state index in [1.807, 2.05) is 0 Å². The monoisotopic (exact) mass is 583 g/mol. The predicted octanol–water partition coefficient (Wildman–Crippen LogP) is 5.81. The molecule has 0 unspecified atom stereocenters. The Labute approximate surface area is 251 Å². The summed E-state index contributed by atoms with van der Waals surface area (Å²) in [6.07, 6.45) is 25.2. The van der Waals surface area contributed by atoms with E-state index in [2.05, 4.69) is 20.2 Å². The molecule has 4 fully saturated rings. The summed E-state index contributed by atoms with van der Waals surface area (Å²) in [5.74, 6) is 2.85. The maximum Gasteiger partial charge on any atom is 0.323 e. The number of carbonyl (C=O) groups excluding carboxylic acids is 2. The molecule has 42 heavy (non-hydrogen) atoms. The van der Waals surface area contributed by atoms with Crippen LogP contribution in [0.4, 0.5) is 5.95 Å². The molecule has 3 N–H and O–H groups in total. The van der Waals surface area contributed by atoms with E-state index in [-0.39, 0.29) is 23.7 Å². The summed E-state index contributed by atoms with van der Waals surface area (Å²) in [4.78, 5) is 35.5. The van der Waals surface area contributed by atoms with Crippen molar-refractivity contribution in [3.63, 3.8) is 0 Å². The highest BCUT2D eigenvalue weighted by molar-refractivity contribution is 5.92. The molecule has 0 aromatic carbocycles. The predicted molar refractivity (Wildman–Crippen MR) is 162 cm³/mol. The summed E-state index contributed by atoms with van der Waals surface area (Å²) in [7, 11) is 0. The molecule has 1 amide bonds. The Hall–Kier alpha value is -2.26. The summed E-state index contributed by atoms with van der Waals surface area (Å²) in [6, 6.07) is -0.103. The van der Waals surface area contributed by atoms with Crippen molar-refractivity contribution in [1.82, 2.24) is 20.8 Å². The number of hydrogen-bond donors (Lipinski definition) is 3. The lowest BCUT2D eigenvalue weighted by Crippen LogP contribution is -2.47. The molecule has 3 saturated carbocycles. The lowest BCUT2D eigenvalue weighted by Gasteiger charge is -2.34. The van der Waals surface area contributed by atoms with E-state index < -0.39 is 5.91 Å². The molecule has 3 aliphatic carbocycles. The van der Waals surface area contributed by atoms with Gasteiger partial charge in [-0.05, 0) is 94.4 Å². The molecule has 0 bridgehead atoms. The summed E-state index contributed by atoms with van der Waals surface area (Å²) >= 11 is 0. The molecule has 1 atom stereocenters. The first-order valence-corrected chi connectivity index (χ1v) is 17.0. The molecule has 0 spiro atoms. The van der Waals surface area contributed by atoms with Gasteiger partial charge in [-0.2, -0.15) is 0 Å². The van der Waals surface area contributed by atoms with E-state index in [9.17, 15) is 9.59 Å². The third-order valence-corrected chi connectivity index (χ3v) is 10.7. The average Bonchev–Trinajstić information content (AvgIpc) is 3.55. The Bertz CT molecular complexity index is 963. The van der Waals surface area contributed by atoms with Crippen LogP contribution in [0.25, 0.3) is 0 Å². The van der Waals surface area contributed by atoms with Gasteiger partial charge in [0.25, 0.3) is 5.91 Å². The van der Waals surface area contributed by atoms with Crippen molar-refractivity contribution < 1.29 is 19.5 Å². The van der Waals surface area contributed by atoms with Crippen molar-refractivity contribution in [2.45, 2.75) is 128 Å². The molecule has 5 rings (SSSR count). The maximum atomic E-state index is 13.2. The highest BCUT2D eigenvalue weighted by Crippen LogP contribution is 2.34. The first kappa shape index (κ1) is 31.2. The van der Waals surface area contributed by atoms with Gasteiger partial charge in [0, 0.05) is 25.5 Å². The van der Waals surface area contributed by atoms with Gasteiger partial charge in [-0.25, -0.2) is 15.4 Å². The smallest absolute Gasteiger partial charge is 0.323 e. The van der Waals surface area contributed by atoms with Gasteiger partial charge in [0.1, 0.15) is 12.1 Å². The number of anilines is 1. The van der Waals surface area contributed by atoms with E-state index in [4.69, 9.17) is 9.94 Å². The normalized spacial score (nSPS) is 25.3. The van der Waals surface area contributed by atoms with Crippen molar-refractivity contribution in [2.24, 2.45) is 23.7 Å². The minimum atomic E-state index is -0.593. The molecule has 2 heterocycles. The Balaban J connectivity index is 0.967. The molecule has 1 aromatic heterocycles. The number of piperidine rings is 1. The summed E-state index contributed by atoms with van der Waals surface area (Å²) in [6.45, 7) is 2.86. The van der Waals surface area contributed by atoms with Gasteiger partial charge in [0.2, 0.25) is 5.95 Å². The molecule has 1 saturated heterocycles. The zero-order valence-corrected chi connectivity index (χ0v) is 25.5. The second-order valence-electron chi connectivity index (χ2n) is 13.6. The van der Waals surface area contributed by atoms with Crippen LogP contribution in [-0.4, -0.2) is 58.8 Å². The van der Waals surface area contributed by atoms with Crippen molar-refractivity contribution in [1.29, 1.82) is 0 Å². The van der Waals surface area contributed by atoms with Gasteiger partial charge < -0.3 is 15.0 Å². The molecule has 9 nitrogen and oxygen atoms in total. The second kappa shape index (κ2) is 16.0. The van der Waals surface area contributed by atoms with E-state index >= 15 is 0 Å². The Morgan fingerprint density at radius 1 is 0.833 bits per heavy atom. The average molecular weight is 584 g/mol. The molecule has 1 aromatic rings. The van der Waals surface area contributed by atoms with Crippen LogP contribution in [0.1, 0.15) is 126 Å². The van der Waals surface area contributed by atoms with Crippen molar-refractivity contribution in [2.75, 3.05) is 24.5 Å². The van der Waals surface area contributed by atoms with Gasteiger partial charge in [-0.15, -0.1) is 0 Å². The Kier molecular flexibility index (Phi) is 11.9. The first-order chi connectivity index (χ1) is 20.6. The van der Waals surface area contributed by atoms with Gasteiger partial charge in [-0.3, -0.25) is 14.8 Å². The minimum Gasteiger partial charge on any atom is -0.461 e. The number of hydroxylamine groups is 1.